The van der Waals surface area contributed by atoms with E-state index in [0.29, 0.717) is 6.42 Å². The van der Waals surface area contributed by atoms with E-state index in [2.05, 4.69) is 37.2 Å². The van der Waals surface area contributed by atoms with Crippen LogP contribution in [0.1, 0.15) is 80.1 Å². The van der Waals surface area contributed by atoms with Crippen LogP contribution in [-0.4, -0.2) is 108 Å². The highest BCUT2D eigenvalue weighted by Gasteiger charge is 2.32. The highest BCUT2D eigenvalue weighted by molar-refractivity contribution is 5.97. The van der Waals surface area contributed by atoms with Crippen LogP contribution in [0.5, 0.6) is 0 Å². The van der Waals surface area contributed by atoms with Gasteiger partial charge in [0.2, 0.25) is 53.2 Å². The molecule has 51 heavy (non-hydrogen) atoms. The van der Waals surface area contributed by atoms with Crippen molar-refractivity contribution in [1.82, 2.24) is 37.2 Å². The van der Waals surface area contributed by atoms with Gasteiger partial charge in [-0.2, -0.15) is 0 Å². The lowest BCUT2D eigenvalue weighted by molar-refractivity contribution is -0.138. The van der Waals surface area contributed by atoms with Gasteiger partial charge in [0, 0.05) is 19.8 Å². The fourth-order valence-corrected chi connectivity index (χ4v) is 4.42. The summed E-state index contributed by atoms with van der Waals surface area (Å²) < 4.78 is 0. The molecule has 0 aliphatic rings. The molecule has 6 atom stereocenters. The van der Waals surface area contributed by atoms with E-state index >= 15 is 0 Å². The molecule has 0 heterocycles. The van der Waals surface area contributed by atoms with Crippen molar-refractivity contribution in [3.05, 3.63) is 0 Å². The van der Waals surface area contributed by atoms with Gasteiger partial charge < -0.3 is 53.8 Å². The molecule has 0 aromatic carbocycles. The van der Waals surface area contributed by atoms with E-state index in [4.69, 9.17) is 16.6 Å². The molecule has 288 valence electrons. The SMILES string of the molecule is CCC(C)C(NC(=O)C(C)NC(=O)[C@H](CC(C)C)NC(=O)[C@H](CCC(N)=O)NC(=O)[C@H](CCC(=O)O)NC(=O)CNC(=O)CNC(C)=O)C(N)=O. The number of nitrogens with two attached hydrogens (primary N) is 2. The van der Waals surface area contributed by atoms with Gasteiger partial charge >= 0.3 is 5.97 Å². The number of carboxylic acids is 1. The Kier molecular flexibility index (Phi) is 20.8. The summed E-state index contributed by atoms with van der Waals surface area (Å²) in [7, 11) is 0. The van der Waals surface area contributed by atoms with Crippen molar-refractivity contribution in [1.29, 1.82) is 0 Å². The molecule has 0 fully saturated rings. The van der Waals surface area contributed by atoms with Gasteiger partial charge in [0.25, 0.3) is 0 Å². The van der Waals surface area contributed by atoms with Gasteiger partial charge in [0.05, 0.1) is 13.1 Å². The molecular formula is C31H53N9O11. The second-order valence-corrected chi connectivity index (χ2v) is 12.5. The van der Waals surface area contributed by atoms with Crippen LogP contribution < -0.4 is 48.7 Å². The summed E-state index contributed by atoms with van der Waals surface area (Å²) in [5, 5.41) is 25.8. The number of hydrogen-bond donors (Lipinski definition) is 10. The monoisotopic (exact) mass is 727 g/mol. The Morgan fingerprint density at radius 1 is 0.627 bits per heavy atom. The Bertz CT molecular complexity index is 1290. The summed E-state index contributed by atoms with van der Waals surface area (Å²) in [6.45, 7) is 8.55. The van der Waals surface area contributed by atoms with Crippen LogP contribution in [0, 0.1) is 11.8 Å². The van der Waals surface area contributed by atoms with Crippen LogP contribution in [-0.2, 0) is 47.9 Å². The first kappa shape index (κ1) is 45.7. The summed E-state index contributed by atoms with van der Waals surface area (Å²) in [6, 6.07) is -6.40. The number of carbonyl (C=O) groups is 10. The molecule has 0 spiro atoms. The van der Waals surface area contributed by atoms with Crippen molar-refractivity contribution in [2.24, 2.45) is 23.3 Å². The zero-order valence-electron chi connectivity index (χ0n) is 29.9. The maximum absolute atomic E-state index is 13.5. The third-order valence-corrected chi connectivity index (χ3v) is 7.46. The zero-order valence-corrected chi connectivity index (χ0v) is 29.9. The van der Waals surface area contributed by atoms with Gasteiger partial charge in [-0.15, -0.1) is 0 Å². The number of nitrogens with one attached hydrogen (secondary N) is 7. The number of primary amides is 2. The second-order valence-electron chi connectivity index (χ2n) is 12.5. The number of rotatable bonds is 24. The van der Waals surface area contributed by atoms with E-state index in [-0.39, 0.29) is 31.1 Å². The van der Waals surface area contributed by atoms with E-state index in [1.807, 2.05) is 6.92 Å². The largest absolute Gasteiger partial charge is 0.481 e. The Labute approximate surface area is 296 Å². The fourth-order valence-electron chi connectivity index (χ4n) is 4.42. The lowest BCUT2D eigenvalue weighted by Crippen LogP contribution is -2.59. The van der Waals surface area contributed by atoms with E-state index in [9.17, 15) is 47.9 Å². The van der Waals surface area contributed by atoms with Gasteiger partial charge in [-0.1, -0.05) is 34.1 Å². The Hall–Kier alpha value is -5.30. The topological polar surface area (TPSA) is 327 Å². The first-order valence-corrected chi connectivity index (χ1v) is 16.5. The molecule has 12 N–H and O–H groups in total. The molecule has 0 radical (unpaired) electrons. The van der Waals surface area contributed by atoms with E-state index in [0.717, 1.165) is 0 Å². The van der Waals surface area contributed by atoms with E-state index in [1.54, 1.807) is 20.8 Å². The average Bonchev–Trinajstić information content (AvgIpc) is 3.03. The summed E-state index contributed by atoms with van der Waals surface area (Å²) in [5.74, 6) is -8.83. The molecule has 0 saturated carbocycles. The summed E-state index contributed by atoms with van der Waals surface area (Å²) >= 11 is 0. The van der Waals surface area contributed by atoms with Gasteiger partial charge in [0.1, 0.15) is 30.2 Å². The predicted molar refractivity (Wildman–Crippen MR) is 180 cm³/mol. The first-order valence-electron chi connectivity index (χ1n) is 16.5. The normalized spacial score (nSPS) is 14.3. The molecule has 20 heteroatoms. The Balaban J connectivity index is 5.93. The molecule has 0 aromatic heterocycles. The fraction of sp³-hybridized carbons (Fsp3) is 0.677. The second kappa shape index (κ2) is 23.2. The standard InChI is InChI=1S/C31H53N9O11/c1-7-16(4)26(27(33)47)40-28(48)17(5)36-31(51)21(12-15(2)3)39-30(50)20(8-10-22(32)42)38-29(49)19(9-11-25(45)46)37-24(44)14-35-23(43)13-34-18(6)41/h15-17,19-21,26H,7-14H2,1-6H3,(H2,32,42)(H2,33,47)(H,34,41)(H,35,43)(H,36,51)(H,37,44)(H,38,49)(H,39,50)(H,40,48)(H,45,46)/t16?,17?,19-,20-,21-,26?/m0/s1. The highest BCUT2D eigenvalue weighted by Crippen LogP contribution is 2.10. The minimum atomic E-state index is -1.52. The van der Waals surface area contributed by atoms with Gasteiger partial charge in [-0.3, -0.25) is 47.9 Å². The van der Waals surface area contributed by atoms with Crippen LogP contribution in [0.15, 0.2) is 0 Å². The number of hydrogen-bond acceptors (Lipinski definition) is 10. The third-order valence-electron chi connectivity index (χ3n) is 7.46. The van der Waals surface area contributed by atoms with Crippen molar-refractivity contribution >= 4 is 59.1 Å². The van der Waals surface area contributed by atoms with Crippen molar-refractivity contribution in [3.63, 3.8) is 0 Å². The summed E-state index contributed by atoms with van der Waals surface area (Å²) in [6.07, 6.45) is -1.13. The molecule has 0 aliphatic heterocycles. The van der Waals surface area contributed by atoms with Crippen molar-refractivity contribution in [3.8, 4) is 0 Å². The maximum Gasteiger partial charge on any atom is 0.303 e. The number of amides is 9. The highest BCUT2D eigenvalue weighted by atomic mass is 16.4. The third kappa shape index (κ3) is 19.5. The zero-order chi connectivity index (χ0) is 39.4. The van der Waals surface area contributed by atoms with Gasteiger partial charge in [0.15, 0.2) is 0 Å². The van der Waals surface area contributed by atoms with Gasteiger partial charge in [-0.05, 0) is 38.0 Å². The quantitative estimate of drug-likeness (QED) is 0.0463. The minimum absolute atomic E-state index is 0.0735. The molecule has 0 aromatic rings. The molecule has 9 amide bonds. The van der Waals surface area contributed by atoms with Crippen molar-refractivity contribution < 1.29 is 53.1 Å². The average molecular weight is 728 g/mol. The lowest BCUT2D eigenvalue weighted by Gasteiger charge is -2.27. The summed E-state index contributed by atoms with van der Waals surface area (Å²) in [5.41, 5.74) is 10.7. The van der Waals surface area contributed by atoms with Crippen molar-refractivity contribution in [2.45, 2.75) is 110 Å². The Morgan fingerprint density at radius 3 is 1.63 bits per heavy atom. The smallest absolute Gasteiger partial charge is 0.303 e. The molecule has 20 nitrogen and oxygen atoms in total. The molecule has 0 aliphatic carbocycles. The molecule has 0 bridgehead atoms. The first-order chi connectivity index (χ1) is 23.7. The number of carboxylic acid groups (broad SMARTS) is 1. The van der Waals surface area contributed by atoms with Crippen LogP contribution in [0.25, 0.3) is 0 Å². The van der Waals surface area contributed by atoms with Crippen LogP contribution in [0.3, 0.4) is 0 Å². The molecule has 0 rings (SSSR count). The van der Waals surface area contributed by atoms with Crippen LogP contribution in [0.4, 0.5) is 0 Å². The Morgan fingerprint density at radius 2 is 1.14 bits per heavy atom. The van der Waals surface area contributed by atoms with Crippen LogP contribution >= 0.6 is 0 Å². The predicted octanol–water partition coefficient (Wildman–Crippen LogP) is -3.61. The van der Waals surface area contributed by atoms with Crippen LogP contribution in [0.2, 0.25) is 0 Å². The minimum Gasteiger partial charge on any atom is -0.481 e. The van der Waals surface area contributed by atoms with E-state index in [1.165, 1.54) is 13.8 Å². The van der Waals surface area contributed by atoms with Gasteiger partial charge in [-0.25, -0.2) is 0 Å². The summed E-state index contributed by atoms with van der Waals surface area (Å²) in [4.78, 5) is 123. The molecular weight excluding hydrogens is 674 g/mol. The van der Waals surface area contributed by atoms with Crippen molar-refractivity contribution in [2.75, 3.05) is 13.1 Å². The van der Waals surface area contributed by atoms with E-state index < -0.39 is 115 Å². The number of carbonyl (C=O) groups excluding carboxylic acids is 9. The lowest BCUT2D eigenvalue weighted by atomic mass is 9.98. The maximum atomic E-state index is 13.5. The number of aliphatic carboxylic acids is 1. The molecule has 0 saturated heterocycles. The molecule has 3 unspecified atom stereocenters.